The lowest BCUT2D eigenvalue weighted by atomic mass is 10.1. The second-order valence-corrected chi connectivity index (χ2v) is 3.77. The van der Waals surface area contributed by atoms with Crippen molar-refractivity contribution in [1.82, 2.24) is 14.9 Å². The van der Waals surface area contributed by atoms with E-state index in [-0.39, 0.29) is 5.56 Å². The smallest absolute Gasteiger partial charge is 0.256 e. The summed E-state index contributed by atoms with van der Waals surface area (Å²) in [7, 11) is 0. The van der Waals surface area contributed by atoms with E-state index in [1.807, 2.05) is 6.92 Å². The highest BCUT2D eigenvalue weighted by Gasteiger charge is 2.16. The van der Waals surface area contributed by atoms with Crippen molar-refractivity contribution in [3.05, 3.63) is 28.4 Å². The Labute approximate surface area is 83.0 Å². The lowest BCUT2D eigenvalue weighted by Gasteiger charge is -2.24. The molecule has 1 aliphatic rings. The van der Waals surface area contributed by atoms with Crippen LogP contribution in [-0.2, 0) is 0 Å². The lowest BCUT2D eigenvalue weighted by Crippen LogP contribution is -2.34. The normalized spacial score (nSPS) is 18.4. The summed E-state index contributed by atoms with van der Waals surface area (Å²) in [6, 6.07) is 0.330. The summed E-state index contributed by atoms with van der Waals surface area (Å²) in [4.78, 5) is 15.8. The Morgan fingerprint density at radius 1 is 1.50 bits per heavy atom. The topological polar surface area (TPSA) is 46.9 Å². The molecule has 1 aliphatic heterocycles. The summed E-state index contributed by atoms with van der Waals surface area (Å²) < 4.78 is 1.77. The highest BCUT2D eigenvalue weighted by Crippen LogP contribution is 2.15. The molecule has 1 fully saturated rings. The monoisotopic (exact) mass is 193 g/mol. The number of aryl methyl sites for hydroxylation is 1. The average Bonchev–Trinajstić information content (AvgIpc) is 2.23. The average molecular weight is 193 g/mol. The van der Waals surface area contributed by atoms with Gasteiger partial charge in [0.15, 0.2) is 0 Å². The number of piperidine rings is 1. The highest BCUT2D eigenvalue weighted by molar-refractivity contribution is 5.02. The van der Waals surface area contributed by atoms with Gasteiger partial charge in [-0.25, -0.2) is 4.98 Å². The van der Waals surface area contributed by atoms with Crippen molar-refractivity contribution in [2.75, 3.05) is 13.1 Å². The number of nitrogens with zero attached hydrogens (tertiary/aromatic N) is 2. The molecule has 0 saturated carbocycles. The summed E-state index contributed by atoms with van der Waals surface area (Å²) in [6.45, 7) is 3.79. The molecule has 1 aromatic rings. The second kappa shape index (κ2) is 3.92. The Hall–Kier alpha value is -1.16. The number of nitrogens with one attached hydrogen (secondary N) is 1. The first-order valence-corrected chi connectivity index (χ1v) is 5.02. The van der Waals surface area contributed by atoms with Gasteiger partial charge >= 0.3 is 0 Å². The number of hydrogen-bond donors (Lipinski definition) is 1. The molecule has 0 aromatic carbocycles. The number of aromatic nitrogens is 2. The summed E-state index contributed by atoms with van der Waals surface area (Å²) >= 11 is 0. The third-order valence-corrected chi connectivity index (χ3v) is 2.73. The Morgan fingerprint density at radius 2 is 2.21 bits per heavy atom. The summed E-state index contributed by atoms with van der Waals surface area (Å²) in [5, 5.41) is 3.28. The van der Waals surface area contributed by atoms with Gasteiger partial charge < -0.3 is 5.32 Å². The molecule has 1 saturated heterocycles. The zero-order chi connectivity index (χ0) is 9.97. The Kier molecular flexibility index (Phi) is 2.63. The number of hydrogen-bond acceptors (Lipinski definition) is 3. The molecule has 0 amide bonds. The third-order valence-electron chi connectivity index (χ3n) is 2.73. The van der Waals surface area contributed by atoms with Crippen LogP contribution < -0.4 is 10.9 Å². The number of rotatable bonds is 1. The minimum atomic E-state index is 0.104. The molecule has 0 aliphatic carbocycles. The van der Waals surface area contributed by atoms with Crippen LogP contribution in [0, 0.1) is 6.92 Å². The van der Waals surface area contributed by atoms with E-state index >= 15 is 0 Å². The van der Waals surface area contributed by atoms with Gasteiger partial charge in [0.2, 0.25) is 0 Å². The van der Waals surface area contributed by atoms with Crippen molar-refractivity contribution in [3.8, 4) is 0 Å². The van der Waals surface area contributed by atoms with Crippen LogP contribution in [0.5, 0.6) is 0 Å². The molecule has 76 valence electrons. The maximum atomic E-state index is 11.8. The van der Waals surface area contributed by atoms with Gasteiger partial charge in [-0.05, 0) is 32.9 Å². The van der Waals surface area contributed by atoms with Crippen LogP contribution in [0.3, 0.4) is 0 Å². The zero-order valence-electron chi connectivity index (χ0n) is 8.36. The SMILES string of the molecule is Cc1cncn(C2CCNCC2)c1=O. The van der Waals surface area contributed by atoms with E-state index in [0.717, 1.165) is 31.5 Å². The van der Waals surface area contributed by atoms with Crippen molar-refractivity contribution in [2.24, 2.45) is 0 Å². The van der Waals surface area contributed by atoms with Crippen LogP contribution in [0.2, 0.25) is 0 Å². The summed E-state index contributed by atoms with van der Waals surface area (Å²) in [6.07, 6.45) is 5.32. The molecule has 0 unspecified atom stereocenters. The largest absolute Gasteiger partial charge is 0.317 e. The van der Waals surface area contributed by atoms with Crippen LogP contribution in [0.15, 0.2) is 17.3 Å². The minimum absolute atomic E-state index is 0.104. The molecule has 1 N–H and O–H groups in total. The van der Waals surface area contributed by atoms with Crippen LogP contribution in [0.4, 0.5) is 0 Å². The molecule has 2 rings (SSSR count). The van der Waals surface area contributed by atoms with Gasteiger partial charge in [0.05, 0.1) is 6.33 Å². The van der Waals surface area contributed by atoms with Gasteiger partial charge in [0, 0.05) is 17.8 Å². The fraction of sp³-hybridized carbons (Fsp3) is 0.600. The Morgan fingerprint density at radius 3 is 2.93 bits per heavy atom. The molecule has 0 atom stereocenters. The second-order valence-electron chi connectivity index (χ2n) is 3.77. The van der Waals surface area contributed by atoms with Gasteiger partial charge in [-0.15, -0.1) is 0 Å². The fourth-order valence-corrected chi connectivity index (χ4v) is 1.87. The van der Waals surface area contributed by atoms with Crippen molar-refractivity contribution in [1.29, 1.82) is 0 Å². The van der Waals surface area contributed by atoms with Crippen molar-refractivity contribution in [3.63, 3.8) is 0 Å². The van der Waals surface area contributed by atoms with Crippen LogP contribution >= 0.6 is 0 Å². The van der Waals surface area contributed by atoms with E-state index in [1.165, 1.54) is 0 Å². The molecule has 0 bridgehead atoms. The van der Waals surface area contributed by atoms with E-state index in [9.17, 15) is 4.79 Å². The molecule has 1 aromatic heterocycles. The molecular formula is C10H15N3O. The van der Waals surface area contributed by atoms with Crippen LogP contribution in [-0.4, -0.2) is 22.6 Å². The van der Waals surface area contributed by atoms with E-state index in [0.29, 0.717) is 6.04 Å². The maximum absolute atomic E-state index is 11.8. The van der Waals surface area contributed by atoms with E-state index in [2.05, 4.69) is 10.3 Å². The van der Waals surface area contributed by atoms with Crippen molar-refractivity contribution >= 4 is 0 Å². The summed E-state index contributed by atoms with van der Waals surface area (Å²) in [5.41, 5.74) is 0.831. The molecule has 4 heteroatoms. The quantitative estimate of drug-likeness (QED) is 0.705. The van der Waals surface area contributed by atoms with Gasteiger partial charge in [-0.3, -0.25) is 9.36 Å². The van der Waals surface area contributed by atoms with Crippen LogP contribution in [0.1, 0.15) is 24.4 Å². The van der Waals surface area contributed by atoms with E-state index < -0.39 is 0 Å². The fourth-order valence-electron chi connectivity index (χ4n) is 1.87. The zero-order valence-corrected chi connectivity index (χ0v) is 8.36. The van der Waals surface area contributed by atoms with Crippen LogP contribution in [0.25, 0.3) is 0 Å². The molecule has 0 spiro atoms. The molecular weight excluding hydrogens is 178 g/mol. The first-order valence-electron chi connectivity index (χ1n) is 5.02. The Bertz CT molecular complexity index is 366. The van der Waals surface area contributed by atoms with Crippen molar-refractivity contribution < 1.29 is 0 Å². The summed E-state index contributed by atoms with van der Waals surface area (Å²) in [5.74, 6) is 0. The first-order chi connectivity index (χ1) is 6.79. The lowest BCUT2D eigenvalue weighted by molar-refractivity contribution is 0.357. The molecule has 14 heavy (non-hydrogen) atoms. The predicted molar refractivity (Wildman–Crippen MR) is 54.4 cm³/mol. The van der Waals surface area contributed by atoms with Crippen molar-refractivity contribution in [2.45, 2.75) is 25.8 Å². The highest BCUT2D eigenvalue weighted by atomic mass is 16.1. The molecule has 4 nitrogen and oxygen atoms in total. The van der Waals surface area contributed by atoms with E-state index in [4.69, 9.17) is 0 Å². The standard InChI is InChI=1S/C10H15N3O/c1-8-6-12-7-13(10(8)14)9-2-4-11-5-3-9/h6-7,9,11H,2-5H2,1H3. The predicted octanol–water partition coefficient (Wildman–Crippen LogP) is 0.476. The first kappa shape index (κ1) is 9.40. The van der Waals surface area contributed by atoms with Gasteiger partial charge in [-0.2, -0.15) is 0 Å². The van der Waals surface area contributed by atoms with E-state index in [1.54, 1.807) is 17.1 Å². The Balaban J connectivity index is 2.31. The van der Waals surface area contributed by atoms with Gasteiger partial charge in [0.1, 0.15) is 0 Å². The minimum Gasteiger partial charge on any atom is -0.317 e. The third kappa shape index (κ3) is 1.70. The van der Waals surface area contributed by atoms with Gasteiger partial charge in [0.25, 0.3) is 5.56 Å². The molecule has 2 heterocycles. The maximum Gasteiger partial charge on any atom is 0.256 e. The van der Waals surface area contributed by atoms with Gasteiger partial charge in [-0.1, -0.05) is 0 Å². The molecule has 0 radical (unpaired) electrons.